The molecule has 1 aromatic rings. The van der Waals surface area contributed by atoms with Crippen molar-refractivity contribution in [3.63, 3.8) is 0 Å². The van der Waals surface area contributed by atoms with Gasteiger partial charge in [-0.3, -0.25) is 4.99 Å². The van der Waals surface area contributed by atoms with E-state index in [1.807, 2.05) is 26.1 Å². The van der Waals surface area contributed by atoms with Gasteiger partial charge in [0, 0.05) is 45.6 Å². The van der Waals surface area contributed by atoms with Gasteiger partial charge in [-0.25, -0.2) is 0 Å². The first kappa shape index (κ1) is 16.6. The van der Waals surface area contributed by atoms with Gasteiger partial charge < -0.3 is 19.4 Å². The molecule has 1 aromatic heterocycles. The number of nitrogens with zero attached hydrogens (tertiary/aromatic N) is 2. The molecule has 2 heterocycles. The Morgan fingerprint density at radius 1 is 1.55 bits per heavy atom. The summed E-state index contributed by atoms with van der Waals surface area (Å²) in [7, 11) is 2.04. The number of likely N-dealkylation sites (N-methyl/N-ethyl adjacent to an activating group) is 1. The van der Waals surface area contributed by atoms with Gasteiger partial charge in [-0.2, -0.15) is 0 Å². The Balaban J connectivity index is 1.87. The van der Waals surface area contributed by atoms with Gasteiger partial charge in [0.2, 0.25) is 0 Å². The Bertz CT molecular complexity index is 476. The average molecular weight is 305 g/mol. The van der Waals surface area contributed by atoms with Crippen LogP contribution in [0.1, 0.15) is 19.1 Å². The molecule has 1 N–H and O–H groups in total. The van der Waals surface area contributed by atoms with Crippen LogP contribution in [-0.4, -0.2) is 50.8 Å². The Hall–Kier alpha value is -1.75. The van der Waals surface area contributed by atoms with Gasteiger partial charge in [-0.15, -0.1) is 0 Å². The molecule has 0 bridgehead atoms. The van der Waals surface area contributed by atoms with E-state index in [2.05, 4.69) is 16.8 Å². The highest BCUT2D eigenvalue weighted by atomic mass is 16.5. The van der Waals surface area contributed by atoms with Crippen molar-refractivity contribution in [1.29, 1.82) is 0 Å². The van der Waals surface area contributed by atoms with Gasteiger partial charge in [0.05, 0.1) is 12.9 Å². The monoisotopic (exact) mass is 305 g/mol. The van der Waals surface area contributed by atoms with Crippen molar-refractivity contribution in [1.82, 2.24) is 10.2 Å². The molecule has 0 amide bonds. The zero-order chi connectivity index (χ0) is 15.8. The van der Waals surface area contributed by atoms with Crippen LogP contribution in [0.5, 0.6) is 0 Å². The molecule has 1 aliphatic rings. The third kappa shape index (κ3) is 5.56. The van der Waals surface area contributed by atoms with E-state index in [1.165, 1.54) is 0 Å². The fourth-order valence-electron chi connectivity index (χ4n) is 2.49. The SMILES string of the molecule is C=C(C)CN(C)C(=NCC1CCOC1)NCCc1ccco1. The molecule has 22 heavy (non-hydrogen) atoms. The van der Waals surface area contributed by atoms with Crippen LogP contribution in [0.25, 0.3) is 0 Å². The summed E-state index contributed by atoms with van der Waals surface area (Å²) in [6.45, 7) is 10.1. The van der Waals surface area contributed by atoms with E-state index in [4.69, 9.17) is 14.1 Å². The molecule has 5 heteroatoms. The maximum Gasteiger partial charge on any atom is 0.193 e. The normalized spacial score (nSPS) is 18.5. The van der Waals surface area contributed by atoms with Crippen molar-refractivity contribution in [3.8, 4) is 0 Å². The summed E-state index contributed by atoms with van der Waals surface area (Å²) in [6, 6.07) is 3.91. The summed E-state index contributed by atoms with van der Waals surface area (Å²) in [4.78, 5) is 6.87. The van der Waals surface area contributed by atoms with Gasteiger partial charge in [-0.1, -0.05) is 12.2 Å². The number of rotatable bonds is 7. The van der Waals surface area contributed by atoms with Crippen molar-refractivity contribution in [2.24, 2.45) is 10.9 Å². The highest BCUT2D eigenvalue weighted by Crippen LogP contribution is 2.12. The van der Waals surface area contributed by atoms with E-state index in [0.717, 1.165) is 63.0 Å². The first-order valence-corrected chi connectivity index (χ1v) is 7.89. The lowest BCUT2D eigenvalue weighted by molar-refractivity contribution is 0.187. The predicted octanol–water partition coefficient (Wildman–Crippen LogP) is 2.31. The fourth-order valence-corrected chi connectivity index (χ4v) is 2.49. The summed E-state index contributed by atoms with van der Waals surface area (Å²) in [5.74, 6) is 2.44. The Labute approximate surface area is 133 Å². The maximum absolute atomic E-state index is 5.41. The molecule has 1 aliphatic heterocycles. The largest absolute Gasteiger partial charge is 0.469 e. The maximum atomic E-state index is 5.41. The minimum atomic E-state index is 0.542. The Morgan fingerprint density at radius 3 is 3.05 bits per heavy atom. The lowest BCUT2D eigenvalue weighted by Gasteiger charge is -2.23. The van der Waals surface area contributed by atoms with Crippen LogP contribution < -0.4 is 5.32 Å². The minimum Gasteiger partial charge on any atom is -0.469 e. The third-order valence-corrected chi connectivity index (χ3v) is 3.63. The van der Waals surface area contributed by atoms with E-state index >= 15 is 0 Å². The van der Waals surface area contributed by atoms with E-state index in [9.17, 15) is 0 Å². The number of furan rings is 1. The number of nitrogens with one attached hydrogen (secondary N) is 1. The van der Waals surface area contributed by atoms with E-state index in [0.29, 0.717) is 5.92 Å². The van der Waals surface area contributed by atoms with Crippen molar-refractivity contribution in [3.05, 3.63) is 36.3 Å². The summed E-state index contributed by atoms with van der Waals surface area (Å²) in [5, 5.41) is 3.42. The van der Waals surface area contributed by atoms with Gasteiger partial charge in [0.1, 0.15) is 5.76 Å². The highest BCUT2D eigenvalue weighted by Gasteiger charge is 2.16. The molecular weight excluding hydrogens is 278 g/mol. The highest BCUT2D eigenvalue weighted by molar-refractivity contribution is 5.80. The summed E-state index contributed by atoms with van der Waals surface area (Å²) in [6.07, 6.45) is 3.66. The topological polar surface area (TPSA) is 50.0 Å². The second-order valence-corrected chi connectivity index (χ2v) is 5.96. The van der Waals surface area contributed by atoms with Crippen LogP contribution >= 0.6 is 0 Å². The molecular formula is C17H27N3O2. The van der Waals surface area contributed by atoms with E-state index in [1.54, 1.807) is 6.26 Å². The zero-order valence-electron chi connectivity index (χ0n) is 13.7. The van der Waals surface area contributed by atoms with Crippen LogP contribution in [0.4, 0.5) is 0 Å². The van der Waals surface area contributed by atoms with Crippen LogP contribution in [0.15, 0.2) is 40.0 Å². The van der Waals surface area contributed by atoms with Crippen molar-refractivity contribution < 1.29 is 9.15 Å². The van der Waals surface area contributed by atoms with Gasteiger partial charge >= 0.3 is 0 Å². The Morgan fingerprint density at radius 2 is 2.41 bits per heavy atom. The molecule has 1 saturated heterocycles. The van der Waals surface area contributed by atoms with Gasteiger partial charge in [0.15, 0.2) is 5.96 Å². The Kier molecular flexibility index (Phi) is 6.52. The lowest BCUT2D eigenvalue weighted by Crippen LogP contribution is -2.41. The predicted molar refractivity (Wildman–Crippen MR) is 89.1 cm³/mol. The van der Waals surface area contributed by atoms with Gasteiger partial charge in [0.25, 0.3) is 0 Å². The second-order valence-electron chi connectivity index (χ2n) is 5.96. The summed E-state index contributed by atoms with van der Waals surface area (Å²) >= 11 is 0. The van der Waals surface area contributed by atoms with Crippen molar-refractivity contribution >= 4 is 5.96 Å². The van der Waals surface area contributed by atoms with Crippen LogP contribution in [0.3, 0.4) is 0 Å². The molecule has 1 fully saturated rings. The van der Waals surface area contributed by atoms with Crippen LogP contribution in [-0.2, 0) is 11.2 Å². The van der Waals surface area contributed by atoms with E-state index in [-0.39, 0.29) is 0 Å². The molecule has 1 atom stereocenters. The molecule has 0 aliphatic carbocycles. The molecule has 5 nitrogen and oxygen atoms in total. The quantitative estimate of drug-likeness (QED) is 0.477. The zero-order valence-corrected chi connectivity index (χ0v) is 13.7. The molecule has 0 spiro atoms. The van der Waals surface area contributed by atoms with Gasteiger partial charge in [-0.05, 0) is 25.5 Å². The molecule has 0 radical (unpaired) electrons. The lowest BCUT2D eigenvalue weighted by atomic mass is 10.1. The molecule has 0 saturated carbocycles. The van der Waals surface area contributed by atoms with Crippen LogP contribution in [0.2, 0.25) is 0 Å². The molecule has 2 rings (SSSR count). The number of hydrogen-bond donors (Lipinski definition) is 1. The fraction of sp³-hybridized carbons (Fsp3) is 0.588. The van der Waals surface area contributed by atoms with E-state index < -0.39 is 0 Å². The standard InChI is InChI=1S/C17H27N3O2/c1-14(2)12-20(3)17(19-11-15-7-10-21-13-15)18-8-6-16-5-4-9-22-16/h4-5,9,15H,1,6-8,10-13H2,2-3H3,(H,18,19). The van der Waals surface area contributed by atoms with Crippen LogP contribution in [0, 0.1) is 5.92 Å². The first-order valence-electron chi connectivity index (χ1n) is 7.89. The smallest absolute Gasteiger partial charge is 0.193 e. The molecule has 1 unspecified atom stereocenters. The van der Waals surface area contributed by atoms with Crippen molar-refractivity contribution in [2.45, 2.75) is 19.8 Å². The number of guanidine groups is 1. The second kappa shape index (κ2) is 8.63. The molecule has 0 aromatic carbocycles. The average Bonchev–Trinajstić information content (AvgIpc) is 3.14. The molecule has 122 valence electrons. The number of hydrogen-bond acceptors (Lipinski definition) is 3. The summed E-state index contributed by atoms with van der Waals surface area (Å²) in [5.41, 5.74) is 1.12. The van der Waals surface area contributed by atoms with Crippen molar-refractivity contribution in [2.75, 3.05) is 39.9 Å². The summed E-state index contributed by atoms with van der Waals surface area (Å²) < 4.78 is 10.8. The number of ether oxygens (including phenoxy) is 1. The third-order valence-electron chi connectivity index (χ3n) is 3.63. The first-order chi connectivity index (χ1) is 10.6. The number of aliphatic imine (C=N–C) groups is 1. The minimum absolute atomic E-state index is 0.542.